The summed E-state index contributed by atoms with van der Waals surface area (Å²) in [7, 11) is -4.33. The van der Waals surface area contributed by atoms with Crippen LogP contribution in [0, 0.1) is 5.92 Å². The second-order valence-electron chi connectivity index (χ2n) is 4.06. The quantitative estimate of drug-likeness (QED) is 0.790. The topological polar surface area (TPSA) is 66.8 Å². The molecule has 4 nitrogen and oxygen atoms in total. The molecule has 0 radical (unpaired) electrons. The van der Waals surface area contributed by atoms with Crippen molar-refractivity contribution in [3.8, 4) is 0 Å². The lowest BCUT2D eigenvalue weighted by Crippen LogP contribution is -2.06. The second-order valence-corrected chi connectivity index (χ2v) is 6.22. The summed E-state index contributed by atoms with van der Waals surface area (Å²) in [6, 6.07) is 8.00. The smallest absolute Gasteiger partial charge is 0.303 e. The van der Waals surface area contributed by atoms with Gasteiger partial charge in [-0.3, -0.25) is 4.52 Å². The second kappa shape index (κ2) is 6.66. The van der Waals surface area contributed by atoms with Crippen LogP contribution in [0.5, 0.6) is 0 Å². The number of phosphoric ester groups is 1. The molecule has 1 aromatic carbocycles. The predicted molar refractivity (Wildman–Crippen MR) is 69.6 cm³/mol. The van der Waals surface area contributed by atoms with E-state index in [1.54, 1.807) is 0 Å². The third kappa shape index (κ3) is 6.96. The number of hydrogen-bond donors (Lipinski definition) is 2. The maximum atomic E-state index is 10.5. The van der Waals surface area contributed by atoms with Gasteiger partial charge in [-0.25, -0.2) is 4.57 Å². The van der Waals surface area contributed by atoms with Gasteiger partial charge in [-0.2, -0.15) is 0 Å². The Labute approximate surface area is 109 Å². The Morgan fingerprint density at radius 2 is 2.18 bits per heavy atom. The zero-order valence-electron chi connectivity index (χ0n) is 9.54. The summed E-state index contributed by atoms with van der Waals surface area (Å²) in [6.07, 6.45) is 1.70. The zero-order valence-corrected chi connectivity index (χ0v) is 12.0. The van der Waals surface area contributed by atoms with Crippen LogP contribution in [0.1, 0.15) is 18.9 Å². The first-order valence-electron chi connectivity index (χ1n) is 5.31. The van der Waals surface area contributed by atoms with Crippen LogP contribution < -0.4 is 0 Å². The molecule has 1 aromatic rings. The van der Waals surface area contributed by atoms with Gasteiger partial charge in [0.25, 0.3) is 0 Å². The first-order chi connectivity index (χ1) is 7.87. The number of benzene rings is 1. The molecule has 0 spiro atoms. The Balaban J connectivity index is 2.33. The highest BCUT2D eigenvalue weighted by atomic mass is 79.9. The molecule has 1 rings (SSSR count). The first-order valence-corrected chi connectivity index (χ1v) is 7.63. The van der Waals surface area contributed by atoms with E-state index in [2.05, 4.69) is 20.5 Å². The van der Waals surface area contributed by atoms with Gasteiger partial charge in [0.15, 0.2) is 0 Å². The number of halogens is 1. The summed E-state index contributed by atoms with van der Waals surface area (Å²) in [4.78, 5) is 17.1. The van der Waals surface area contributed by atoms with Crippen LogP contribution in [0.2, 0.25) is 0 Å². The van der Waals surface area contributed by atoms with E-state index < -0.39 is 7.82 Å². The Kier molecular flexibility index (Phi) is 5.83. The van der Waals surface area contributed by atoms with Crippen LogP contribution in [-0.4, -0.2) is 16.4 Å². The molecule has 0 fully saturated rings. The van der Waals surface area contributed by atoms with Gasteiger partial charge in [0.1, 0.15) is 0 Å². The fourth-order valence-corrected chi connectivity index (χ4v) is 2.31. The molecular weight excluding hydrogens is 307 g/mol. The number of phosphoric acid groups is 1. The van der Waals surface area contributed by atoms with Crippen LogP contribution in [0.25, 0.3) is 0 Å². The molecule has 0 heterocycles. The van der Waals surface area contributed by atoms with Gasteiger partial charge in [0.05, 0.1) is 6.61 Å². The van der Waals surface area contributed by atoms with E-state index in [4.69, 9.17) is 9.79 Å². The Hall–Kier alpha value is -0.190. The largest absolute Gasteiger partial charge is 0.469 e. The fraction of sp³-hybridized carbons (Fsp3) is 0.455. The SMILES string of the molecule is CC(CCc1cccc(Br)c1)COP(=O)(O)O. The lowest BCUT2D eigenvalue weighted by Gasteiger charge is -2.12. The molecule has 6 heteroatoms. The highest BCUT2D eigenvalue weighted by Crippen LogP contribution is 2.36. The minimum atomic E-state index is -4.33. The highest BCUT2D eigenvalue weighted by Gasteiger charge is 2.15. The van der Waals surface area contributed by atoms with E-state index >= 15 is 0 Å². The first kappa shape index (κ1) is 14.9. The van der Waals surface area contributed by atoms with Gasteiger partial charge >= 0.3 is 7.82 Å². The van der Waals surface area contributed by atoms with Gasteiger partial charge in [0.2, 0.25) is 0 Å². The monoisotopic (exact) mass is 322 g/mol. The zero-order chi connectivity index (χ0) is 12.9. The molecule has 0 bridgehead atoms. The highest BCUT2D eigenvalue weighted by molar-refractivity contribution is 9.10. The van der Waals surface area contributed by atoms with Crippen LogP contribution in [-0.2, 0) is 15.5 Å². The minimum absolute atomic E-state index is 0.0816. The van der Waals surface area contributed by atoms with Crippen molar-refractivity contribution in [2.75, 3.05) is 6.61 Å². The summed E-state index contributed by atoms with van der Waals surface area (Å²) in [5.74, 6) is 0.113. The van der Waals surface area contributed by atoms with E-state index in [0.29, 0.717) is 0 Å². The molecule has 0 amide bonds. The number of aryl methyl sites for hydroxylation is 1. The molecule has 0 saturated heterocycles. The molecule has 0 aliphatic rings. The molecule has 96 valence electrons. The average Bonchev–Trinajstić information content (AvgIpc) is 2.23. The van der Waals surface area contributed by atoms with E-state index in [9.17, 15) is 4.57 Å². The van der Waals surface area contributed by atoms with Gasteiger partial charge in [-0.05, 0) is 36.5 Å². The summed E-state index contributed by atoms with van der Waals surface area (Å²) in [5, 5.41) is 0. The molecular formula is C11H16BrO4P. The van der Waals surface area contributed by atoms with Crippen molar-refractivity contribution in [2.24, 2.45) is 5.92 Å². The maximum absolute atomic E-state index is 10.5. The fourth-order valence-electron chi connectivity index (χ4n) is 1.41. The maximum Gasteiger partial charge on any atom is 0.469 e. The summed E-state index contributed by atoms with van der Waals surface area (Å²) >= 11 is 3.40. The van der Waals surface area contributed by atoms with Crippen molar-refractivity contribution in [3.05, 3.63) is 34.3 Å². The average molecular weight is 323 g/mol. The molecule has 2 N–H and O–H groups in total. The van der Waals surface area contributed by atoms with Crippen LogP contribution in [0.3, 0.4) is 0 Å². The molecule has 0 saturated carbocycles. The van der Waals surface area contributed by atoms with Crippen molar-refractivity contribution in [2.45, 2.75) is 19.8 Å². The van der Waals surface area contributed by atoms with Crippen molar-refractivity contribution < 1.29 is 18.9 Å². The molecule has 0 aromatic heterocycles. The van der Waals surface area contributed by atoms with Gasteiger partial charge in [0, 0.05) is 4.47 Å². The van der Waals surface area contributed by atoms with Gasteiger partial charge in [-0.15, -0.1) is 0 Å². The third-order valence-electron chi connectivity index (χ3n) is 2.34. The summed E-state index contributed by atoms with van der Waals surface area (Å²) in [5.41, 5.74) is 1.20. The van der Waals surface area contributed by atoms with Gasteiger partial charge < -0.3 is 9.79 Å². The van der Waals surface area contributed by atoms with Crippen molar-refractivity contribution >= 4 is 23.8 Å². The van der Waals surface area contributed by atoms with E-state index in [0.717, 1.165) is 17.3 Å². The molecule has 17 heavy (non-hydrogen) atoms. The minimum Gasteiger partial charge on any atom is -0.303 e. The van der Waals surface area contributed by atoms with Crippen molar-refractivity contribution in [3.63, 3.8) is 0 Å². The normalized spacial score (nSPS) is 13.6. The molecule has 0 aliphatic heterocycles. The molecule has 0 aliphatic carbocycles. The number of hydrogen-bond acceptors (Lipinski definition) is 2. The van der Waals surface area contributed by atoms with E-state index in [-0.39, 0.29) is 12.5 Å². The Morgan fingerprint density at radius 1 is 1.47 bits per heavy atom. The third-order valence-corrected chi connectivity index (χ3v) is 3.32. The van der Waals surface area contributed by atoms with Crippen molar-refractivity contribution in [1.82, 2.24) is 0 Å². The van der Waals surface area contributed by atoms with E-state index in [1.165, 1.54) is 5.56 Å². The number of rotatable bonds is 6. The van der Waals surface area contributed by atoms with Crippen LogP contribution in [0.15, 0.2) is 28.7 Å². The van der Waals surface area contributed by atoms with E-state index in [1.807, 2.05) is 31.2 Å². The summed E-state index contributed by atoms with van der Waals surface area (Å²) in [6.45, 7) is 1.99. The predicted octanol–water partition coefficient (Wildman–Crippen LogP) is 3.13. The summed E-state index contributed by atoms with van der Waals surface area (Å²) < 4.78 is 16.0. The Morgan fingerprint density at radius 3 is 2.76 bits per heavy atom. The van der Waals surface area contributed by atoms with Crippen LogP contribution >= 0.6 is 23.8 Å². The molecule has 1 atom stereocenters. The molecule has 1 unspecified atom stereocenters. The van der Waals surface area contributed by atoms with Gasteiger partial charge in [-0.1, -0.05) is 35.0 Å². The van der Waals surface area contributed by atoms with Crippen molar-refractivity contribution in [1.29, 1.82) is 0 Å². The lowest BCUT2D eigenvalue weighted by atomic mass is 10.0. The van der Waals surface area contributed by atoms with Crippen LogP contribution in [0.4, 0.5) is 0 Å². The Bertz CT molecular complexity index is 404. The standard InChI is InChI=1S/C11H16BrO4P/c1-9(8-16-17(13,14)15)5-6-10-3-2-4-11(12)7-10/h2-4,7,9H,5-6,8H2,1H3,(H2,13,14,15). The lowest BCUT2D eigenvalue weighted by molar-refractivity contribution is 0.169.